The standard InChI is InChI=1S/C15H23NO2/c1-6-11-7-9-12(10-8-11)15(5,13(17)18)16-14(2,3)4/h7-10,16H,6H2,1-5H3,(H,17,18). The first-order valence-corrected chi connectivity index (χ1v) is 6.31. The first kappa shape index (κ1) is 14.7. The van der Waals surface area contributed by atoms with Gasteiger partial charge in [0.05, 0.1) is 0 Å². The van der Waals surface area contributed by atoms with E-state index in [1.165, 1.54) is 5.56 Å². The van der Waals surface area contributed by atoms with Gasteiger partial charge >= 0.3 is 5.97 Å². The molecular formula is C15H23NO2. The molecule has 0 aliphatic rings. The lowest BCUT2D eigenvalue weighted by molar-refractivity contribution is -0.145. The molecule has 0 radical (unpaired) electrons. The summed E-state index contributed by atoms with van der Waals surface area (Å²) >= 11 is 0. The van der Waals surface area contributed by atoms with Crippen molar-refractivity contribution in [3.05, 3.63) is 35.4 Å². The molecule has 0 aromatic heterocycles. The summed E-state index contributed by atoms with van der Waals surface area (Å²) in [6.45, 7) is 9.69. The highest BCUT2D eigenvalue weighted by atomic mass is 16.4. The van der Waals surface area contributed by atoms with Crippen molar-refractivity contribution < 1.29 is 9.90 Å². The minimum atomic E-state index is -1.06. The van der Waals surface area contributed by atoms with E-state index in [0.717, 1.165) is 12.0 Å². The second-order valence-electron chi connectivity index (χ2n) is 5.86. The SMILES string of the molecule is CCc1ccc(C(C)(NC(C)(C)C)C(=O)O)cc1. The third-order valence-corrected chi connectivity index (χ3v) is 2.99. The predicted octanol–water partition coefficient (Wildman–Crippen LogP) is 2.94. The van der Waals surface area contributed by atoms with E-state index >= 15 is 0 Å². The van der Waals surface area contributed by atoms with Crippen molar-refractivity contribution in [1.29, 1.82) is 0 Å². The second kappa shape index (κ2) is 5.11. The quantitative estimate of drug-likeness (QED) is 0.862. The minimum Gasteiger partial charge on any atom is -0.480 e. The summed E-state index contributed by atoms with van der Waals surface area (Å²) < 4.78 is 0. The van der Waals surface area contributed by atoms with Gasteiger partial charge in [0.2, 0.25) is 0 Å². The van der Waals surface area contributed by atoms with Gasteiger partial charge in [0.1, 0.15) is 5.54 Å². The summed E-state index contributed by atoms with van der Waals surface area (Å²) in [4.78, 5) is 11.6. The van der Waals surface area contributed by atoms with Crippen LogP contribution < -0.4 is 5.32 Å². The van der Waals surface area contributed by atoms with Gasteiger partial charge in [0, 0.05) is 5.54 Å². The molecule has 0 aliphatic carbocycles. The smallest absolute Gasteiger partial charge is 0.328 e. The Bertz CT molecular complexity index is 417. The van der Waals surface area contributed by atoms with Crippen molar-refractivity contribution in [3.63, 3.8) is 0 Å². The van der Waals surface area contributed by atoms with Crippen molar-refractivity contribution in [2.75, 3.05) is 0 Å². The maximum absolute atomic E-state index is 11.6. The molecule has 0 heterocycles. The Labute approximate surface area is 109 Å². The van der Waals surface area contributed by atoms with Crippen LogP contribution in [0.5, 0.6) is 0 Å². The monoisotopic (exact) mass is 249 g/mol. The fraction of sp³-hybridized carbons (Fsp3) is 0.533. The molecule has 0 amide bonds. The van der Waals surface area contributed by atoms with Crippen LogP contribution in [0.3, 0.4) is 0 Å². The van der Waals surface area contributed by atoms with Gasteiger partial charge in [-0.15, -0.1) is 0 Å². The maximum atomic E-state index is 11.6. The zero-order valence-electron chi connectivity index (χ0n) is 11.9. The lowest BCUT2D eigenvalue weighted by Crippen LogP contribution is -2.54. The highest BCUT2D eigenvalue weighted by molar-refractivity contribution is 5.80. The van der Waals surface area contributed by atoms with Crippen LogP contribution in [0.1, 0.15) is 45.7 Å². The Balaban J connectivity index is 3.14. The van der Waals surface area contributed by atoms with Crippen molar-refractivity contribution in [1.82, 2.24) is 5.32 Å². The van der Waals surface area contributed by atoms with Gasteiger partial charge < -0.3 is 5.11 Å². The summed E-state index contributed by atoms with van der Waals surface area (Å²) in [7, 11) is 0. The third kappa shape index (κ3) is 3.33. The van der Waals surface area contributed by atoms with Crippen molar-refractivity contribution in [3.8, 4) is 0 Å². The zero-order valence-corrected chi connectivity index (χ0v) is 11.9. The molecule has 0 spiro atoms. The van der Waals surface area contributed by atoms with Crippen LogP contribution in [-0.2, 0) is 16.8 Å². The fourth-order valence-corrected chi connectivity index (χ4v) is 2.07. The Kier molecular flexibility index (Phi) is 4.17. The molecule has 1 aromatic rings. The molecule has 1 rings (SSSR count). The van der Waals surface area contributed by atoms with Crippen LogP contribution in [-0.4, -0.2) is 16.6 Å². The molecule has 1 atom stereocenters. The third-order valence-electron chi connectivity index (χ3n) is 2.99. The number of hydrogen-bond acceptors (Lipinski definition) is 2. The molecule has 2 N–H and O–H groups in total. The predicted molar refractivity (Wildman–Crippen MR) is 73.7 cm³/mol. The maximum Gasteiger partial charge on any atom is 0.328 e. The fourth-order valence-electron chi connectivity index (χ4n) is 2.07. The largest absolute Gasteiger partial charge is 0.480 e. The number of carboxylic acids is 1. The van der Waals surface area contributed by atoms with E-state index in [1.54, 1.807) is 6.92 Å². The Morgan fingerprint density at radius 2 is 1.67 bits per heavy atom. The molecule has 0 aliphatic heterocycles. The molecule has 1 unspecified atom stereocenters. The Morgan fingerprint density at radius 1 is 1.17 bits per heavy atom. The second-order valence-corrected chi connectivity index (χ2v) is 5.86. The average Bonchev–Trinajstić information content (AvgIpc) is 2.26. The van der Waals surface area contributed by atoms with E-state index in [1.807, 2.05) is 45.0 Å². The van der Waals surface area contributed by atoms with Gasteiger partial charge in [-0.3, -0.25) is 5.32 Å². The summed E-state index contributed by atoms with van der Waals surface area (Å²) in [5.74, 6) is -0.860. The van der Waals surface area contributed by atoms with E-state index < -0.39 is 11.5 Å². The molecule has 1 aromatic carbocycles. The first-order chi connectivity index (χ1) is 8.19. The van der Waals surface area contributed by atoms with Crippen molar-refractivity contribution in [2.45, 2.75) is 52.1 Å². The number of carbonyl (C=O) groups is 1. The van der Waals surface area contributed by atoms with Gasteiger partial charge in [-0.05, 0) is 45.2 Å². The summed E-state index contributed by atoms with van der Waals surface area (Å²) in [5, 5.41) is 12.7. The normalized spacial score (nSPS) is 15.2. The molecule has 0 bridgehead atoms. The van der Waals surface area contributed by atoms with Crippen LogP contribution in [0.4, 0.5) is 0 Å². The number of carboxylic acid groups (broad SMARTS) is 1. The molecule has 0 saturated carbocycles. The average molecular weight is 249 g/mol. The molecule has 3 heteroatoms. The van der Waals surface area contributed by atoms with Crippen LogP contribution in [0.25, 0.3) is 0 Å². The van der Waals surface area contributed by atoms with Gasteiger partial charge in [-0.2, -0.15) is 0 Å². The topological polar surface area (TPSA) is 49.3 Å². The van der Waals surface area contributed by atoms with Gasteiger partial charge in [0.15, 0.2) is 0 Å². The van der Waals surface area contributed by atoms with E-state index in [2.05, 4.69) is 12.2 Å². The van der Waals surface area contributed by atoms with Gasteiger partial charge in [0.25, 0.3) is 0 Å². The molecule has 18 heavy (non-hydrogen) atoms. The Morgan fingerprint density at radius 3 is 2.00 bits per heavy atom. The molecular weight excluding hydrogens is 226 g/mol. The number of benzene rings is 1. The van der Waals surface area contributed by atoms with E-state index in [0.29, 0.717) is 0 Å². The summed E-state index contributed by atoms with van der Waals surface area (Å²) in [5.41, 5.74) is 0.658. The summed E-state index contributed by atoms with van der Waals surface area (Å²) in [6, 6.07) is 7.76. The zero-order chi connectivity index (χ0) is 14.0. The molecule has 0 saturated heterocycles. The number of hydrogen-bond donors (Lipinski definition) is 2. The highest BCUT2D eigenvalue weighted by Crippen LogP contribution is 2.24. The lowest BCUT2D eigenvalue weighted by atomic mass is 9.88. The van der Waals surface area contributed by atoms with Gasteiger partial charge in [-0.1, -0.05) is 31.2 Å². The number of aryl methyl sites for hydroxylation is 1. The summed E-state index contributed by atoms with van der Waals surface area (Å²) in [6.07, 6.45) is 0.955. The molecule has 3 nitrogen and oxygen atoms in total. The van der Waals surface area contributed by atoms with E-state index in [9.17, 15) is 9.90 Å². The van der Waals surface area contributed by atoms with E-state index in [4.69, 9.17) is 0 Å². The lowest BCUT2D eigenvalue weighted by Gasteiger charge is -2.34. The minimum absolute atomic E-state index is 0.267. The van der Waals surface area contributed by atoms with Gasteiger partial charge in [-0.25, -0.2) is 4.79 Å². The van der Waals surface area contributed by atoms with Crippen LogP contribution in [0.2, 0.25) is 0 Å². The van der Waals surface area contributed by atoms with Crippen molar-refractivity contribution in [2.24, 2.45) is 0 Å². The Hall–Kier alpha value is -1.35. The number of nitrogens with one attached hydrogen (secondary N) is 1. The van der Waals surface area contributed by atoms with Crippen LogP contribution >= 0.6 is 0 Å². The van der Waals surface area contributed by atoms with E-state index in [-0.39, 0.29) is 5.54 Å². The number of rotatable bonds is 4. The van der Waals surface area contributed by atoms with Crippen LogP contribution in [0, 0.1) is 0 Å². The number of aliphatic carboxylic acids is 1. The van der Waals surface area contributed by atoms with Crippen LogP contribution in [0.15, 0.2) is 24.3 Å². The first-order valence-electron chi connectivity index (χ1n) is 6.31. The van der Waals surface area contributed by atoms with Crippen molar-refractivity contribution >= 4 is 5.97 Å². The molecule has 100 valence electrons. The highest BCUT2D eigenvalue weighted by Gasteiger charge is 2.38. The molecule has 0 fully saturated rings.